The zero-order valence-corrected chi connectivity index (χ0v) is 12.1. The van der Waals surface area contributed by atoms with Crippen LogP contribution in [0.1, 0.15) is 15.9 Å². The first kappa shape index (κ1) is 17.5. The average Bonchev–Trinajstić information content (AvgIpc) is 2.52. The Balaban J connectivity index is 1.94. The molecule has 0 fully saturated rings. The van der Waals surface area contributed by atoms with E-state index in [2.05, 4.69) is 10.1 Å². The van der Waals surface area contributed by atoms with E-state index in [0.717, 1.165) is 24.3 Å². The van der Waals surface area contributed by atoms with Crippen LogP contribution in [0.3, 0.4) is 0 Å². The first-order chi connectivity index (χ1) is 11.3. The van der Waals surface area contributed by atoms with Crippen LogP contribution in [0.25, 0.3) is 0 Å². The van der Waals surface area contributed by atoms with Crippen LogP contribution in [-0.2, 0) is 15.7 Å². The Kier molecular flexibility index (Phi) is 5.18. The lowest BCUT2D eigenvalue weighted by Gasteiger charge is -2.09. The number of benzene rings is 2. The van der Waals surface area contributed by atoms with E-state index >= 15 is 0 Å². The van der Waals surface area contributed by atoms with E-state index in [9.17, 15) is 27.2 Å². The van der Waals surface area contributed by atoms with Gasteiger partial charge in [-0.25, -0.2) is 9.18 Å². The fourth-order valence-corrected chi connectivity index (χ4v) is 1.80. The number of ether oxygens (including phenoxy) is 1. The van der Waals surface area contributed by atoms with Crippen molar-refractivity contribution < 1.29 is 31.9 Å². The van der Waals surface area contributed by atoms with Crippen molar-refractivity contribution in [2.75, 3.05) is 11.9 Å². The van der Waals surface area contributed by atoms with Crippen LogP contribution in [0, 0.1) is 5.82 Å². The van der Waals surface area contributed by atoms with Crippen molar-refractivity contribution in [1.82, 2.24) is 0 Å². The third-order valence-corrected chi connectivity index (χ3v) is 2.87. The summed E-state index contributed by atoms with van der Waals surface area (Å²) in [6, 6.07) is 8.69. The molecule has 0 saturated carbocycles. The maximum absolute atomic E-state index is 13.0. The Morgan fingerprint density at radius 1 is 1.04 bits per heavy atom. The van der Waals surface area contributed by atoms with E-state index in [4.69, 9.17) is 0 Å². The van der Waals surface area contributed by atoms with Gasteiger partial charge in [-0.1, -0.05) is 12.1 Å². The molecule has 0 radical (unpaired) electrons. The molecule has 126 valence electrons. The van der Waals surface area contributed by atoms with Gasteiger partial charge >= 0.3 is 12.1 Å². The highest BCUT2D eigenvalue weighted by molar-refractivity contribution is 5.95. The number of nitrogens with one attached hydrogen (secondary N) is 1. The second-order valence-electron chi connectivity index (χ2n) is 4.71. The van der Waals surface area contributed by atoms with Crippen LogP contribution in [0.5, 0.6) is 0 Å². The minimum absolute atomic E-state index is 0.162. The van der Waals surface area contributed by atoms with E-state index in [1.807, 2.05) is 0 Å². The molecule has 0 spiro atoms. The molecule has 0 heterocycles. The van der Waals surface area contributed by atoms with Crippen molar-refractivity contribution >= 4 is 17.6 Å². The molecule has 0 aliphatic rings. The number of carbonyl (C=O) groups is 2. The lowest BCUT2D eigenvalue weighted by molar-refractivity contribution is -0.137. The Labute approximate surface area is 134 Å². The van der Waals surface area contributed by atoms with Crippen molar-refractivity contribution in [3.8, 4) is 0 Å². The maximum atomic E-state index is 13.0. The van der Waals surface area contributed by atoms with Crippen LogP contribution in [0.2, 0.25) is 0 Å². The van der Waals surface area contributed by atoms with Gasteiger partial charge in [-0.3, -0.25) is 4.79 Å². The third-order valence-electron chi connectivity index (χ3n) is 2.87. The zero-order valence-electron chi connectivity index (χ0n) is 12.1. The summed E-state index contributed by atoms with van der Waals surface area (Å²) in [5, 5.41) is 2.29. The quantitative estimate of drug-likeness (QED) is 0.682. The number of esters is 1. The van der Waals surface area contributed by atoms with Gasteiger partial charge in [0.1, 0.15) is 5.82 Å². The van der Waals surface area contributed by atoms with Gasteiger partial charge in [0.15, 0.2) is 6.61 Å². The van der Waals surface area contributed by atoms with Crippen molar-refractivity contribution in [3.63, 3.8) is 0 Å². The highest BCUT2D eigenvalue weighted by atomic mass is 19.4. The first-order valence-electron chi connectivity index (χ1n) is 6.65. The lowest BCUT2D eigenvalue weighted by atomic mass is 10.1. The second-order valence-corrected chi connectivity index (χ2v) is 4.71. The van der Waals surface area contributed by atoms with E-state index in [-0.39, 0.29) is 11.3 Å². The molecule has 0 aromatic heterocycles. The highest BCUT2D eigenvalue weighted by Crippen LogP contribution is 2.29. The SMILES string of the molecule is O=C(COC(=O)c1cccc(C(F)(F)F)c1)Nc1cccc(F)c1. The number of hydrogen-bond acceptors (Lipinski definition) is 3. The first-order valence-corrected chi connectivity index (χ1v) is 6.65. The van der Waals surface area contributed by atoms with Crippen LogP contribution >= 0.6 is 0 Å². The summed E-state index contributed by atoms with van der Waals surface area (Å²) in [7, 11) is 0. The zero-order chi connectivity index (χ0) is 17.7. The number of carbonyl (C=O) groups excluding carboxylic acids is 2. The van der Waals surface area contributed by atoms with Gasteiger partial charge < -0.3 is 10.1 Å². The van der Waals surface area contributed by atoms with Crippen molar-refractivity contribution in [2.45, 2.75) is 6.18 Å². The number of hydrogen-bond donors (Lipinski definition) is 1. The van der Waals surface area contributed by atoms with E-state index in [1.165, 1.54) is 18.2 Å². The fourth-order valence-electron chi connectivity index (χ4n) is 1.80. The molecule has 0 unspecified atom stereocenters. The summed E-state index contributed by atoms with van der Waals surface area (Å²) >= 11 is 0. The van der Waals surface area contributed by atoms with E-state index < -0.39 is 36.0 Å². The predicted octanol–water partition coefficient (Wildman–Crippen LogP) is 3.64. The van der Waals surface area contributed by atoms with E-state index in [0.29, 0.717) is 6.07 Å². The minimum atomic E-state index is -4.59. The van der Waals surface area contributed by atoms with Gasteiger partial charge in [0, 0.05) is 5.69 Å². The number of anilines is 1. The van der Waals surface area contributed by atoms with Crippen molar-refractivity contribution in [3.05, 3.63) is 65.5 Å². The Bertz CT molecular complexity index is 759. The van der Waals surface area contributed by atoms with Gasteiger partial charge in [0.05, 0.1) is 11.1 Å². The summed E-state index contributed by atoms with van der Waals surface area (Å²) in [4.78, 5) is 23.3. The van der Waals surface area contributed by atoms with Gasteiger partial charge in [-0.05, 0) is 36.4 Å². The Hall–Kier alpha value is -2.90. The summed E-state index contributed by atoms with van der Waals surface area (Å²) in [6.45, 7) is -0.717. The van der Waals surface area contributed by atoms with Gasteiger partial charge in [-0.2, -0.15) is 13.2 Å². The summed E-state index contributed by atoms with van der Waals surface area (Å²) in [5.74, 6) is -2.38. The number of alkyl halides is 3. The maximum Gasteiger partial charge on any atom is 0.416 e. The van der Waals surface area contributed by atoms with Gasteiger partial charge in [0.25, 0.3) is 5.91 Å². The van der Waals surface area contributed by atoms with E-state index in [1.54, 1.807) is 0 Å². The monoisotopic (exact) mass is 341 g/mol. The standard InChI is InChI=1S/C16H11F4NO3/c17-12-5-2-6-13(8-12)21-14(22)9-24-15(23)10-3-1-4-11(7-10)16(18,19)20/h1-8H,9H2,(H,21,22). The fraction of sp³-hybridized carbons (Fsp3) is 0.125. The molecule has 0 bridgehead atoms. The van der Waals surface area contributed by atoms with Crippen molar-refractivity contribution in [1.29, 1.82) is 0 Å². The molecule has 1 N–H and O–H groups in total. The smallest absolute Gasteiger partial charge is 0.416 e. The highest BCUT2D eigenvalue weighted by Gasteiger charge is 2.31. The number of halogens is 4. The Morgan fingerprint density at radius 2 is 1.75 bits per heavy atom. The summed E-state index contributed by atoms with van der Waals surface area (Å²) in [6.07, 6.45) is -4.59. The molecule has 2 aromatic carbocycles. The molecular weight excluding hydrogens is 330 g/mol. The van der Waals surface area contributed by atoms with Crippen LogP contribution in [0.4, 0.5) is 23.2 Å². The number of amides is 1. The van der Waals surface area contributed by atoms with Crippen LogP contribution in [0.15, 0.2) is 48.5 Å². The van der Waals surface area contributed by atoms with Gasteiger partial charge in [-0.15, -0.1) is 0 Å². The lowest BCUT2D eigenvalue weighted by Crippen LogP contribution is -2.21. The summed E-state index contributed by atoms with van der Waals surface area (Å²) in [5.41, 5.74) is -1.17. The molecule has 4 nitrogen and oxygen atoms in total. The minimum Gasteiger partial charge on any atom is -0.452 e. The Morgan fingerprint density at radius 3 is 2.42 bits per heavy atom. The molecule has 0 aliphatic carbocycles. The topological polar surface area (TPSA) is 55.4 Å². The number of rotatable bonds is 4. The third kappa shape index (κ3) is 4.80. The molecular formula is C16H11F4NO3. The average molecular weight is 341 g/mol. The largest absolute Gasteiger partial charge is 0.452 e. The molecule has 24 heavy (non-hydrogen) atoms. The molecule has 2 aromatic rings. The molecule has 1 amide bonds. The molecule has 0 aliphatic heterocycles. The summed E-state index contributed by atoms with van der Waals surface area (Å²) < 4.78 is 55.3. The molecule has 0 saturated heterocycles. The second kappa shape index (κ2) is 7.12. The van der Waals surface area contributed by atoms with Crippen LogP contribution in [-0.4, -0.2) is 18.5 Å². The van der Waals surface area contributed by atoms with Crippen LogP contribution < -0.4 is 5.32 Å². The predicted molar refractivity (Wildman–Crippen MR) is 76.8 cm³/mol. The molecule has 2 rings (SSSR count). The normalized spacial score (nSPS) is 11.0. The van der Waals surface area contributed by atoms with Crippen molar-refractivity contribution in [2.24, 2.45) is 0 Å². The van der Waals surface area contributed by atoms with Gasteiger partial charge in [0.2, 0.25) is 0 Å². The molecule has 8 heteroatoms. The molecule has 0 atom stereocenters.